The number of rotatable bonds is 10. The number of hydrogen-bond donors (Lipinski definition) is 4. The van der Waals surface area contributed by atoms with Crippen LogP contribution < -0.4 is 26.8 Å². The first-order chi connectivity index (χ1) is 18.1. The molecule has 0 unspecified atom stereocenters. The number of benzene rings is 2. The van der Waals surface area contributed by atoms with Crippen LogP contribution in [0.25, 0.3) is 0 Å². The molecule has 1 aliphatic rings. The number of carbonyl (C=O) groups excluding carboxylic acids is 4. The maximum atomic E-state index is 12.9. The highest BCUT2D eigenvalue weighted by molar-refractivity contribution is 6.33. The molecule has 3 rings (SSSR count). The van der Waals surface area contributed by atoms with E-state index in [1.165, 1.54) is 31.4 Å². The molecular weight excluding hydrogens is 518 g/mol. The van der Waals surface area contributed by atoms with Gasteiger partial charge in [0.25, 0.3) is 11.8 Å². The summed E-state index contributed by atoms with van der Waals surface area (Å²) < 4.78 is 15.6. The standard InChI is InChI=1S/C25H30ClN5O7/c1-36-20-10-18(27)17(26)9-16(20)24(34)30-19-7-8-31(11-21(19)37-2)12-23(33)29-15-5-3-14(4-6-15)25(35)38-13-22(28)32/h3-6,9-10,19,21H,7-8,11-13,27H2,1-2H3,(H2,28,32)(H,29,33)(H,30,34)/t19-,21+/m1/s1. The maximum absolute atomic E-state index is 12.9. The summed E-state index contributed by atoms with van der Waals surface area (Å²) >= 11 is 6.09. The Labute approximate surface area is 224 Å². The van der Waals surface area contributed by atoms with Crippen molar-refractivity contribution in [2.24, 2.45) is 5.73 Å². The molecule has 2 aromatic carbocycles. The fourth-order valence-electron chi connectivity index (χ4n) is 4.00. The van der Waals surface area contributed by atoms with Crippen molar-refractivity contribution in [1.29, 1.82) is 0 Å². The third-order valence-corrected chi connectivity index (χ3v) is 6.27. The van der Waals surface area contributed by atoms with Gasteiger partial charge in [-0.2, -0.15) is 0 Å². The van der Waals surface area contributed by atoms with Gasteiger partial charge >= 0.3 is 5.97 Å². The number of hydrogen-bond acceptors (Lipinski definition) is 9. The molecule has 0 aromatic heterocycles. The Kier molecular flexibility index (Phi) is 9.88. The minimum atomic E-state index is -0.753. The van der Waals surface area contributed by atoms with E-state index in [1.807, 2.05) is 4.90 Å². The number of amides is 3. The molecule has 2 atom stereocenters. The van der Waals surface area contributed by atoms with Crippen LogP contribution in [-0.2, 0) is 19.1 Å². The summed E-state index contributed by atoms with van der Waals surface area (Å²) in [6, 6.07) is 8.70. The summed E-state index contributed by atoms with van der Waals surface area (Å²) in [7, 11) is 2.99. The molecule has 12 nitrogen and oxygen atoms in total. The Morgan fingerprint density at radius 2 is 1.84 bits per heavy atom. The van der Waals surface area contributed by atoms with Gasteiger partial charge in [0.2, 0.25) is 5.91 Å². The third-order valence-electron chi connectivity index (χ3n) is 5.94. The number of halogens is 1. The molecule has 0 spiro atoms. The summed E-state index contributed by atoms with van der Waals surface area (Å²) in [6.07, 6.45) is 0.187. The number of likely N-dealkylation sites (tertiary alicyclic amines) is 1. The summed E-state index contributed by atoms with van der Waals surface area (Å²) in [6.45, 7) is 0.552. The van der Waals surface area contributed by atoms with E-state index >= 15 is 0 Å². The zero-order valence-corrected chi connectivity index (χ0v) is 21.7. The molecule has 0 saturated carbocycles. The van der Waals surface area contributed by atoms with E-state index in [4.69, 9.17) is 37.3 Å². The first kappa shape index (κ1) is 28.7. The molecule has 1 aliphatic heterocycles. The van der Waals surface area contributed by atoms with Gasteiger partial charge in [0.1, 0.15) is 5.75 Å². The van der Waals surface area contributed by atoms with Crippen LogP contribution in [0.2, 0.25) is 5.02 Å². The maximum Gasteiger partial charge on any atom is 0.338 e. The topological polar surface area (TPSA) is 175 Å². The van der Waals surface area contributed by atoms with E-state index < -0.39 is 18.5 Å². The molecule has 0 bridgehead atoms. The lowest BCUT2D eigenvalue weighted by Crippen LogP contribution is -2.55. The fourth-order valence-corrected chi connectivity index (χ4v) is 4.17. The van der Waals surface area contributed by atoms with Crippen LogP contribution in [0.4, 0.5) is 11.4 Å². The number of carbonyl (C=O) groups is 4. The van der Waals surface area contributed by atoms with E-state index in [2.05, 4.69) is 10.6 Å². The van der Waals surface area contributed by atoms with Crippen LogP contribution >= 0.6 is 11.6 Å². The lowest BCUT2D eigenvalue weighted by molar-refractivity contribution is -0.121. The van der Waals surface area contributed by atoms with E-state index in [0.717, 1.165) is 0 Å². The van der Waals surface area contributed by atoms with Gasteiger partial charge in [0.15, 0.2) is 6.61 Å². The number of anilines is 2. The zero-order valence-electron chi connectivity index (χ0n) is 21.0. The molecule has 0 aliphatic carbocycles. The highest BCUT2D eigenvalue weighted by Crippen LogP contribution is 2.29. The normalized spacial score (nSPS) is 17.3. The van der Waals surface area contributed by atoms with Gasteiger partial charge in [-0.25, -0.2) is 4.79 Å². The average molecular weight is 548 g/mol. The van der Waals surface area contributed by atoms with E-state index in [9.17, 15) is 19.2 Å². The Morgan fingerprint density at radius 1 is 1.13 bits per heavy atom. The van der Waals surface area contributed by atoms with Gasteiger partial charge in [0.05, 0.1) is 47.6 Å². The SMILES string of the molecule is COc1cc(N)c(Cl)cc1C(=O)N[C@@H]1CCN(CC(=O)Nc2ccc(C(=O)OCC(N)=O)cc2)C[C@@H]1OC. The monoisotopic (exact) mass is 547 g/mol. The van der Waals surface area contributed by atoms with Crippen LogP contribution in [0.1, 0.15) is 27.1 Å². The Balaban J connectivity index is 1.53. The highest BCUT2D eigenvalue weighted by Gasteiger charge is 2.32. The van der Waals surface area contributed by atoms with Gasteiger partial charge in [-0.1, -0.05) is 11.6 Å². The summed E-state index contributed by atoms with van der Waals surface area (Å²) in [5, 5.41) is 5.99. The minimum Gasteiger partial charge on any atom is -0.496 e. The minimum absolute atomic E-state index is 0.102. The molecule has 1 heterocycles. The summed E-state index contributed by atoms with van der Waals surface area (Å²) in [5.41, 5.74) is 12.0. The van der Waals surface area contributed by atoms with Crippen LogP contribution in [0, 0.1) is 0 Å². The quantitative estimate of drug-likeness (QED) is 0.250. The number of esters is 1. The second-order valence-electron chi connectivity index (χ2n) is 8.62. The fraction of sp³-hybridized carbons (Fsp3) is 0.360. The largest absolute Gasteiger partial charge is 0.496 e. The molecule has 1 fully saturated rings. The molecule has 0 radical (unpaired) electrons. The van der Waals surface area contributed by atoms with Crippen LogP contribution in [0.5, 0.6) is 5.75 Å². The van der Waals surface area contributed by atoms with Crippen molar-refractivity contribution in [1.82, 2.24) is 10.2 Å². The molecule has 6 N–H and O–H groups in total. The smallest absolute Gasteiger partial charge is 0.338 e. The van der Waals surface area contributed by atoms with Crippen molar-refractivity contribution in [3.05, 3.63) is 52.5 Å². The number of nitrogen functional groups attached to an aromatic ring is 1. The lowest BCUT2D eigenvalue weighted by Gasteiger charge is -2.37. The van der Waals surface area contributed by atoms with Crippen LogP contribution in [0.15, 0.2) is 36.4 Å². The molecule has 13 heteroatoms. The molecule has 2 aromatic rings. The lowest BCUT2D eigenvalue weighted by atomic mass is 10.0. The van der Waals surface area contributed by atoms with Gasteiger partial charge < -0.3 is 36.3 Å². The van der Waals surface area contributed by atoms with E-state index in [0.29, 0.717) is 36.6 Å². The van der Waals surface area contributed by atoms with Crippen LogP contribution in [0.3, 0.4) is 0 Å². The van der Waals surface area contributed by atoms with Gasteiger partial charge in [-0.3, -0.25) is 19.3 Å². The zero-order chi connectivity index (χ0) is 27.8. The summed E-state index contributed by atoms with van der Waals surface area (Å²) in [5.74, 6) is -1.77. The Morgan fingerprint density at radius 3 is 2.47 bits per heavy atom. The summed E-state index contributed by atoms with van der Waals surface area (Å²) in [4.78, 5) is 50.1. The molecule has 38 heavy (non-hydrogen) atoms. The second-order valence-corrected chi connectivity index (χ2v) is 9.03. The van der Waals surface area contributed by atoms with Crippen molar-refractivity contribution in [3.63, 3.8) is 0 Å². The van der Waals surface area contributed by atoms with Crippen molar-refractivity contribution < 1.29 is 33.4 Å². The number of piperidine rings is 1. The third kappa shape index (κ3) is 7.57. The van der Waals surface area contributed by atoms with Crippen LogP contribution in [-0.4, -0.2) is 81.2 Å². The first-order valence-electron chi connectivity index (χ1n) is 11.7. The number of nitrogens with two attached hydrogens (primary N) is 2. The first-order valence-corrected chi connectivity index (χ1v) is 12.0. The number of methoxy groups -OCH3 is 2. The molecular formula is C25H30ClN5O7. The number of nitrogens with zero attached hydrogens (tertiary/aromatic N) is 1. The predicted molar refractivity (Wildman–Crippen MR) is 140 cm³/mol. The number of primary amides is 1. The molecule has 204 valence electrons. The predicted octanol–water partition coefficient (Wildman–Crippen LogP) is 1.03. The highest BCUT2D eigenvalue weighted by atomic mass is 35.5. The van der Waals surface area contributed by atoms with Crippen molar-refractivity contribution in [2.45, 2.75) is 18.6 Å². The average Bonchev–Trinajstić information content (AvgIpc) is 2.89. The van der Waals surface area contributed by atoms with E-state index in [1.54, 1.807) is 19.2 Å². The Hall–Kier alpha value is -3.87. The second kappa shape index (κ2) is 13.1. The number of nitrogens with one attached hydrogen (secondary N) is 2. The molecule has 1 saturated heterocycles. The Bertz CT molecular complexity index is 1190. The van der Waals surface area contributed by atoms with E-state index in [-0.39, 0.29) is 46.7 Å². The van der Waals surface area contributed by atoms with Crippen molar-refractivity contribution >= 4 is 46.7 Å². The van der Waals surface area contributed by atoms with Gasteiger partial charge in [-0.15, -0.1) is 0 Å². The van der Waals surface area contributed by atoms with Gasteiger partial charge in [0, 0.05) is 32.0 Å². The van der Waals surface area contributed by atoms with Crippen molar-refractivity contribution in [3.8, 4) is 5.75 Å². The van der Waals surface area contributed by atoms with Gasteiger partial charge in [-0.05, 0) is 36.8 Å². The van der Waals surface area contributed by atoms with Crippen molar-refractivity contribution in [2.75, 3.05) is 51.5 Å². The number of ether oxygens (including phenoxy) is 3. The molecule has 3 amide bonds.